The number of hydrogen-bond donors (Lipinski definition) is 0. The van der Waals surface area contributed by atoms with E-state index in [0.717, 1.165) is 5.56 Å². The first-order valence-electron chi connectivity index (χ1n) is 8.57. The van der Waals surface area contributed by atoms with Crippen LogP contribution in [0, 0.1) is 5.92 Å². The average molecular weight is 341 g/mol. The van der Waals surface area contributed by atoms with Gasteiger partial charge in [0, 0.05) is 37.7 Å². The Kier molecular flexibility index (Phi) is 5.16. The highest BCUT2D eigenvalue weighted by Gasteiger charge is 2.30. The molecule has 1 fully saturated rings. The predicted octanol–water partition coefficient (Wildman–Crippen LogP) is 2.67. The molecule has 6 heteroatoms. The van der Waals surface area contributed by atoms with Crippen molar-refractivity contribution in [3.63, 3.8) is 0 Å². The lowest BCUT2D eigenvalue weighted by atomic mass is 10.1. The van der Waals surface area contributed by atoms with Gasteiger partial charge in [-0.1, -0.05) is 30.3 Å². The third kappa shape index (κ3) is 4.26. The zero-order chi connectivity index (χ0) is 17.8. The first-order valence-corrected chi connectivity index (χ1v) is 8.57. The molecule has 0 radical (unpaired) electrons. The van der Waals surface area contributed by atoms with E-state index in [4.69, 9.17) is 4.74 Å². The molecule has 0 spiro atoms. The Morgan fingerprint density at radius 2 is 2.04 bits per heavy atom. The summed E-state index contributed by atoms with van der Waals surface area (Å²) >= 11 is 0. The summed E-state index contributed by atoms with van der Waals surface area (Å²) in [5, 5.41) is 4.21. The summed E-state index contributed by atoms with van der Waals surface area (Å²) in [6, 6.07) is 11.7. The van der Waals surface area contributed by atoms with Gasteiger partial charge in [-0.05, 0) is 25.5 Å². The van der Waals surface area contributed by atoms with E-state index in [1.54, 1.807) is 16.9 Å². The largest absolute Gasteiger partial charge is 0.461 e. The Morgan fingerprint density at radius 1 is 1.28 bits per heavy atom. The Bertz CT molecular complexity index is 739. The maximum absolute atomic E-state index is 12.2. The maximum atomic E-state index is 12.2. The van der Waals surface area contributed by atoms with Crippen molar-refractivity contribution in [2.24, 2.45) is 5.92 Å². The van der Waals surface area contributed by atoms with E-state index < -0.39 is 5.97 Å². The van der Waals surface area contributed by atoms with Gasteiger partial charge in [0.15, 0.2) is 5.69 Å². The lowest BCUT2D eigenvalue weighted by molar-refractivity contribution is -0.128. The maximum Gasteiger partial charge on any atom is 0.358 e. The Balaban J connectivity index is 1.50. The average Bonchev–Trinajstić information content (AvgIpc) is 3.21. The van der Waals surface area contributed by atoms with Crippen molar-refractivity contribution in [2.75, 3.05) is 13.2 Å². The van der Waals surface area contributed by atoms with Crippen molar-refractivity contribution in [3.05, 3.63) is 53.9 Å². The standard InChI is InChI=1S/C19H23N3O3/c1-14(2)22-9-8-17(20-22)19(24)25-13-16-10-18(23)21(12-16)11-15-6-4-3-5-7-15/h3-9,14,16H,10-13H2,1-2H3/t16-/m0/s1. The molecule has 0 saturated carbocycles. The smallest absolute Gasteiger partial charge is 0.358 e. The van der Waals surface area contributed by atoms with Gasteiger partial charge in [-0.3, -0.25) is 9.48 Å². The molecule has 6 nitrogen and oxygen atoms in total. The van der Waals surface area contributed by atoms with Gasteiger partial charge in [0.25, 0.3) is 0 Å². The number of ether oxygens (including phenoxy) is 1. The van der Waals surface area contributed by atoms with Crippen LogP contribution in [-0.4, -0.2) is 39.7 Å². The molecular weight excluding hydrogens is 318 g/mol. The molecular formula is C19H23N3O3. The minimum absolute atomic E-state index is 0.0346. The normalized spacial score (nSPS) is 17.3. The fourth-order valence-corrected chi connectivity index (χ4v) is 2.92. The molecule has 1 aromatic heterocycles. The monoisotopic (exact) mass is 341 g/mol. The number of hydrogen-bond acceptors (Lipinski definition) is 4. The van der Waals surface area contributed by atoms with Gasteiger partial charge in [0.05, 0.1) is 6.61 Å². The van der Waals surface area contributed by atoms with Crippen LogP contribution in [0.5, 0.6) is 0 Å². The molecule has 25 heavy (non-hydrogen) atoms. The number of rotatable bonds is 6. The third-order valence-corrected chi connectivity index (χ3v) is 4.31. The zero-order valence-corrected chi connectivity index (χ0v) is 14.6. The number of esters is 1. The van der Waals surface area contributed by atoms with Gasteiger partial charge < -0.3 is 9.64 Å². The third-order valence-electron chi connectivity index (χ3n) is 4.31. The summed E-state index contributed by atoms with van der Waals surface area (Å²) in [6.45, 7) is 5.44. The fourth-order valence-electron chi connectivity index (χ4n) is 2.92. The topological polar surface area (TPSA) is 64.4 Å². The molecule has 0 N–H and O–H groups in total. The van der Waals surface area contributed by atoms with Crippen LogP contribution < -0.4 is 0 Å². The molecule has 0 bridgehead atoms. The van der Waals surface area contributed by atoms with Crippen LogP contribution in [0.2, 0.25) is 0 Å². The van der Waals surface area contributed by atoms with Crippen LogP contribution in [0.4, 0.5) is 0 Å². The van der Waals surface area contributed by atoms with E-state index in [2.05, 4.69) is 5.10 Å². The van der Waals surface area contributed by atoms with Gasteiger partial charge in [0.1, 0.15) is 0 Å². The number of likely N-dealkylation sites (tertiary alicyclic amines) is 1. The van der Waals surface area contributed by atoms with E-state index in [1.165, 1.54) is 0 Å². The van der Waals surface area contributed by atoms with Gasteiger partial charge in [0.2, 0.25) is 5.91 Å². The SMILES string of the molecule is CC(C)n1ccc(C(=O)OC[C@H]2CC(=O)N(Cc3ccccc3)C2)n1. The number of benzene rings is 1. The van der Waals surface area contributed by atoms with Crippen LogP contribution in [0.15, 0.2) is 42.6 Å². The Labute approximate surface area is 147 Å². The minimum atomic E-state index is -0.437. The molecule has 1 aromatic carbocycles. The van der Waals surface area contributed by atoms with Crippen molar-refractivity contribution in [1.29, 1.82) is 0 Å². The summed E-state index contributed by atoms with van der Waals surface area (Å²) in [4.78, 5) is 26.1. The number of carbonyl (C=O) groups excluding carboxylic acids is 2. The Morgan fingerprint density at radius 3 is 2.72 bits per heavy atom. The molecule has 3 rings (SSSR count). The predicted molar refractivity (Wildman–Crippen MR) is 92.9 cm³/mol. The zero-order valence-electron chi connectivity index (χ0n) is 14.6. The highest BCUT2D eigenvalue weighted by Crippen LogP contribution is 2.21. The molecule has 1 amide bonds. The lowest BCUT2D eigenvalue weighted by Gasteiger charge is -2.16. The highest BCUT2D eigenvalue weighted by molar-refractivity contribution is 5.87. The van der Waals surface area contributed by atoms with E-state index in [0.29, 0.717) is 25.2 Å². The molecule has 2 aromatic rings. The van der Waals surface area contributed by atoms with Crippen LogP contribution in [-0.2, 0) is 16.1 Å². The first-order chi connectivity index (χ1) is 12.0. The highest BCUT2D eigenvalue weighted by atomic mass is 16.5. The van der Waals surface area contributed by atoms with Crippen LogP contribution in [0.1, 0.15) is 42.4 Å². The second-order valence-corrected chi connectivity index (χ2v) is 6.70. The number of aromatic nitrogens is 2. The van der Waals surface area contributed by atoms with Crippen molar-refractivity contribution in [3.8, 4) is 0 Å². The minimum Gasteiger partial charge on any atom is -0.461 e. The molecule has 2 heterocycles. The molecule has 0 aliphatic carbocycles. The summed E-state index contributed by atoms with van der Waals surface area (Å²) in [7, 11) is 0. The molecule has 0 unspecified atom stereocenters. The van der Waals surface area contributed by atoms with Gasteiger partial charge in [-0.2, -0.15) is 5.10 Å². The van der Waals surface area contributed by atoms with Crippen LogP contribution in [0.3, 0.4) is 0 Å². The van der Waals surface area contributed by atoms with E-state index >= 15 is 0 Å². The number of carbonyl (C=O) groups is 2. The molecule has 1 aliphatic heterocycles. The van der Waals surface area contributed by atoms with E-state index in [9.17, 15) is 9.59 Å². The van der Waals surface area contributed by atoms with E-state index in [1.807, 2.05) is 49.1 Å². The van der Waals surface area contributed by atoms with Crippen LogP contribution in [0.25, 0.3) is 0 Å². The fraction of sp³-hybridized carbons (Fsp3) is 0.421. The number of amides is 1. The van der Waals surface area contributed by atoms with E-state index in [-0.39, 0.29) is 24.5 Å². The summed E-state index contributed by atoms with van der Waals surface area (Å²) in [5.41, 5.74) is 1.41. The van der Waals surface area contributed by atoms with Crippen LogP contribution >= 0.6 is 0 Å². The van der Waals surface area contributed by atoms with Crippen molar-refractivity contribution < 1.29 is 14.3 Å². The summed E-state index contributed by atoms with van der Waals surface area (Å²) in [5.74, 6) is -0.297. The lowest BCUT2D eigenvalue weighted by Crippen LogP contribution is -2.25. The molecule has 1 atom stereocenters. The van der Waals surface area contributed by atoms with Crippen molar-refractivity contribution in [1.82, 2.24) is 14.7 Å². The molecule has 132 valence electrons. The van der Waals surface area contributed by atoms with Gasteiger partial charge >= 0.3 is 5.97 Å². The quantitative estimate of drug-likeness (QED) is 0.758. The van der Waals surface area contributed by atoms with Gasteiger partial charge in [-0.15, -0.1) is 0 Å². The summed E-state index contributed by atoms with van der Waals surface area (Å²) in [6.07, 6.45) is 2.18. The molecule has 1 aliphatic rings. The second kappa shape index (κ2) is 7.51. The van der Waals surface area contributed by atoms with Gasteiger partial charge in [-0.25, -0.2) is 4.79 Å². The Hall–Kier alpha value is -2.63. The van der Waals surface area contributed by atoms with Crippen molar-refractivity contribution >= 4 is 11.9 Å². The molecule has 1 saturated heterocycles. The number of nitrogens with zero attached hydrogens (tertiary/aromatic N) is 3. The first kappa shape index (κ1) is 17.2. The summed E-state index contributed by atoms with van der Waals surface area (Å²) < 4.78 is 7.08. The van der Waals surface area contributed by atoms with Crippen molar-refractivity contribution in [2.45, 2.75) is 32.9 Å². The second-order valence-electron chi connectivity index (χ2n) is 6.70.